The summed E-state index contributed by atoms with van der Waals surface area (Å²) in [6, 6.07) is 21.1. The Balaban J connectivity index is 1.74. The number of carbonyl (C=O) groups excluding carboxylic acids is 2. The molecule has 0 aromatic heterocycles. The van der Waals surface area contributed by atoms with Gasteiger partial charge < -0.3 is 10.1 Å². The minimum Gasteiger partial charge on any atom is -0.423 e. The third kappa shape index (κ3) is 4.18. The van der Waals surface area contributed by atoms with E-state index in [4.69, 9.17) is 4.74 Å². The zero-order chi connectivity index (χ0) is 18.5. The van der Waals surface area contributed by atoms with E-state index in [0.717, 1.165) is 5.56 Å². The van der Waals surface area contributed by atoms with Gasteiger partial charge in [0, 0.05) is 10.0 Å². The van der Waals surface area contributed by atoms with E-state index in [-0.39, 0.29) is 5.91 Å². The number of carbonyl (C=O) groups is 2. The average molecular weight is 410 g/mol. The molecule has 0 saturated heterocycles. The molecule has 3 aromatic rings. The zero-order valence-electron chi connectivity index (χ0n) is 14.0. The number of rotatable bonds is 4. The van der Waals surface area contributed by atoms with Gasteiger partial charge in [-0.3, -0.25) is 4.79 Å². The van der Waals surface area contributed by atoms with Crippen molar-refractivity contribution in [1.29, 1.82) is 0 Å². The molecule has 0 aliphatic heterocycles. The molecule has 0 spiro atoms. The average Bonchev–Trinajstić information content (AvgIpc) is 2.64. The maximum absolute atomic E-state index is 12.4. The first-order valence-corrected chi connectivity index (χ1v) is 8.77. The van der Waals surface area contributed by atoms with Crippen molar-refractivity contribution in [2.75, 3.05) is 5.32 Å². The van der Waals surface area contributed by atoms with E-state index in [1.54, 1.807) is 48.5 Å². The molecule has 0 heterocycles. The third-order valence-corrected chi connectivity index (χ3v) is 4.45. The predicted molar refractivity (Wildman–Crippen MR) is 105 cm³/mol. The number of aryl methyl sites for hydroxylation is 1. The van der Waals surface area contributed by atoms with Crippen molar-refractivity contribution in [3.8, 4) is 5.75 Å². The molecule has 0 radical (unpaired) electrons. The molecule has 0 atom stereocenters. The highest BCUT2D eigenvalue weighted by Gasteiger charge is 2.14. The molecule has 26 heavy (non-hydrogen) atoms. The standard InChI is InChI=1S/C21H16BrNO3/c1-14-7-5-6-10-17(14)20(24)23-19-12-11-15(13-18(19)22)21(25)26-16-8-3-2-4-9-16/h2-13H,1H3,(H,23,24). The van der Waals surface area contributed by atoms with Crippen LogP contribution in [0.25, 0.3) is 0 Å². The van der Waals surface area contributed by atoms with Crippen molar-refractivity contribution >= 4 is 33.5 Å². The molecule has 1 amide bonds. The number of hydrogen-bond acceptors (Lipinski definition) is 3. The Morgan fingerprint density at radius 1 is 0.923 bits per heavy atom. The molecule has 1 N–H and O–H groups in total. The zero-order valence-corrected chi connectivity index (χ0v) is 15.6. The summed E-state index contributed by atoms with van der Waals surface area (Å²) >= 11 is 3.40. The highest BCUT2D eigenvalue weighted by molar-refractivity contribution is 9.10. The lowest BCUT2D eigenvalue weighted by atomic mass is 10.1. The van der Waals surface area contributed by atoms with Crippen molar-refractivity contribution in [3.63, 3.8) is 0 Å². The van der Waals surface area contributed by atoms with Gasteiger partial charge in [0.1, 0.15) is 5.75 Å². The van der Waals surface area contributed by atoms with Crippen LogP contribution < -0.4 is 10.1 Å². The van der Waals surface area contributed by atoms with Crippen molar-refractivity contribution in [2.24, 2.45) is 0 Å². The molecular formula is C21H16BrNO3. The summed E-state index contributed by atoms with van der Waals surface area (Å²) in [4.78, 5) is 24.7. The molecule has 3 rings (SSSR count). The lowest BCUT2D eigenvalue weighted by Gasteiger charge is -2.10. The van der Waals surface area contributed by atoms with Gasteiger partial charge in [-0.05, 0) is 64.8 Å². The van der Waals surface area contributed by atoms with Gasteiger partial charge in [0.25, 0.3) is 5.91 Å². The molecule has 130 valence electrons. The van der Waals surface area contributed by atoms with Crippen LogP contribution in [0.2, 0.25) is 0 Å². The number of ether oxygens (including phenoxy) is 1. The molecule has 5 heteroatoms. The van der Waals surface area contributed by atoms with Crippen LogP contribution in [0, 0.1) is 6.92 Å². The topological polar surface area (TPSA) is 55.4 Å². The van der Waals surface area contributed by atoms with Crippen LogP contribution >= 0.6 is 15.9 Å². The number of esters is 1. The van der Waals surface area contributed by atoms with Crippen LogP contribution in [0.1, 0.15) is 26.3 Å². The summed E-state index contributed by atoms with van der Waals surface area (Å²) in [6.07, 6.45) is 0. The van der Waals surface area contributed by atoms with E-state index in [2.05, 4.69) is 21.2 Å². The second-order valence-corrected chi connectivity index (χ2v) is 6.52. The molecule has 0 fully saturated rings. The Morgan fingerprint density at radius 2 is 1.62 bits per heavy atom. The van der Waals surface area contributed by atoms with Crippen LogP contribution in [0.3, 0.4) is 0 Å². The lowest BCUT2D eigenvalue weighted by molar-refractivity contribution is 0.0734. The Kier molecular flexibility index (Phi) is 5.49. The van der Waals surface area contributed by atoms with Crippen LogP contribution in [-0.2, 0) is 0 Å². The smallest absolute Gasteiger partial charge is 0.343 e. The normalized spacial score (nSPS) is 10.2. The van der Waals surface area contributed by atoms with Gasteiger partial charge in [0.05, 0.1) is 11.3 Å². The van der Waals surface area contributed by atoms with Gasteiger partial charge in [0.2, 0.25) is 0 Å². The Morgan fingerprint density at radius 3 is 2.31 bits per heavy atom. The van der Waals surface area contributed by atoms with Crippen LogP contribution in [0.5, 0.6) is 5.75 Å². The first-order chi connectivity index (χ1) is 12.5. The summed E-state index contributed by atoms with van der Waals surface area (Å²) in [5.74, 6) is -0.192. The number of anilines is 1. The van der Waals surface area contributed by atoms with Gasteiger partial charge in [-0.2, -0.15) is 0 Å². The highest BCUT2D eigenvalue weighted by Crippen LogP contribution is 2.25. The fourth-order valence-electron chi connectivity index (χ4n) is 2.42. The van der Waals surface area contributed by atoms with E-state index in [9.17, 15) is 9.59 Å². The van der Waals surface area contributed by atoms with Crippen molar-refractivity contribution in [1.82, 2.24) is 0 Å². The fourth-order valence-corrected chi connectivity index (χ4v) is 2.89. The van der Waals surface area contributed by atoms with Gasteiger partial charge in [-0.15, -0.1) is 0 Å². The van der Waals surface area contributed by atoms with Crippen LogP contribution in [0.15, 0.2) is 77.3 Å². The summed E-state index contributed by atoms with van der Waals surface area (Å²) in [7, 11) is 0. The van der Waals surface area contributed by atoms with Gasteiger partial charge in [-0.1, -0.05) is 36.4 Å². The quantitative estimate of drug-likeness (QED) is 0.474. The molecule has 0 unspecified atom stereocenters. The summed E-state index contributed by atoms with van der Waals surface area (Å²) in [5.41, 5.74) is 2.46. The largest absolute Gasteiger partial charge is 0.423 e. The molecule has 0 bridgehead atoms. The minimum atomic E-state index is -0.464. The van der Waals surface area contributed by atoms with Gasteiger partial charge >= 0.3 is 5.97 Å². The third-order valence-electron chi connectivity index (χ3n) is 3.80. The number of nitrogens with one attached hydrogen (secondary N) is 1. The van der Waals surface area contributed by atoms with E-state index in [1.807, 2.05) is 31.2 Å². The fraction of sp³-hybridized carbons (Fsp3) is 0.0476. The molecule has 0 saturated carbocycles. The predicted octanol–water partition coefficient (Wildman–Crippen LogP) is 5.23. The number of halogens is 1. The summed E-state index contributed by atoms with van der Waals surface area (Å²) in [6.45, 7) is 1.88. The van der Waals surface area contributed by atoms with Gasteiger partial charge in [0.15, 0.2) is 0 Å². The number of amides is 1. The Bertz CT molecular complexity index is 954. The van der Waals surface area contributed by atoms with Gasteiger partial charge in [-0.25, -0.2) is 4.79 Å². The first kappa shape index (κ1) is 17.9. The van der Waals surface area contributed by atoms with Crippen molar-refractivity contribution in [3.05, 3.63) is 94.0 Å². The van der Waals surface area contributed by atoms with E-state index in [1.165, 1.54) is 0 Å². The lowest BCUT2D eigenvalue weighted by Crippen LogP contribution is -2.14. The van der Waals surface area contributed by atoms with Crippen LogP contribution in [0.4, 0.5) is 5.69 Å². The van der Waals surface area contributed by atoms with Crippen LogP contribution in [-0.4, -0.2) is 11.9 Å². The van der Waals surface area contributed by atoms with E-state index in [0.29, 0.717) is 27.0 Å². The summed E-state index contributed by atoms with van der Waals surface area (Å²) in [5, 5.41) is 2.85. The summed E-state index contributed by atoms with van der Waals surface area (Å²) < 4.78 is 5.91. The van der Waals surface area contributed by atoms with Crippen molar-refractivity contribution in [2.45, 2.75) is 6.92 Å². The SMILES string of the molecule is Cc1ccccc1C(=O)Nc1ccc(C(=O)Oc2ccccc2)cc1Br. The second-order valence-electron chi connectivity index (χ2n) is 5.67. The van der Waals surface area contributed by atoms with E-state index >= 15 is 0 Å². The molecule has 0 aliphatic carbocycles. The molecule has 0 aliphatic rings. The minimum absolute atomic E-state index is 0.205. The number of para-hydroxylation sites is 1. The monoisotopic (exact) mass is 409 g/mol. The van der Waals surface area contributed by atoms with E-state index < -0.39 is 5.97 Å². The Hall–Kier alpha value is -2.92. The number of hydrogen-bond donors (Lipinski definition) is 1. The maximum Gasteiger partial charge on any atom is 0.343 e. The number of benzene rings is 3. The maximum atomic E-state index is 12.4. The first-order valence-electron chi connectivity index (χ1n) is 7.98. The molecule has 4 nitrogen and oxygen atoms in total. The molecule has 3 aromatic carbocycles. The highest BCUT2D eigenvalue weighted by atomic mass is 79.9. The Labute approximate surface area is 159 Å². The second kappa shape index (κ2) is 7.97. The van der Waals surface area contributed by atoms with Crippen molar-refractivity contribution < 1.29 is 14.3 Å². The molecular weight excluding hydrogens is 394 g/mol.